The van der Waals surface area contributed by atoms with Crippen LogP contribution in [0.4, 0.5) is 0 Å². The SMILES string of the molecule is C=CC(CCOCCC(C=C)(Cc1ccccc1)OCCCC)(Cc1ccccc1)OCCCC. The first-order valence-corrected chi connectivity index (χ1v) is 13.3. The van der Waals surface area contributed by atoms with E-state index in [1.54, 1.807) is 0 Å². The minimum absolute atomic E-state index is 0.423. The molecule has 2 aromatic carbocycles. The summed E-state index contributed by atoms with van der Waals surface area (Å²) in [5, 5.41) is 0. The molecular weight excluding hydrogens is 432 g/mol. The van der Waals surface area contributed by atoms with Crippen molar-refractivity contribution in [2.75, 3.05) is 26.4 Å². The van der Waals surface area contributed by atoms with Crippen LogP contribution in [0.15, 0.2) is 86.0 Å². The van der Waals surface area contributed by atoms with E-state index >= 15 is 0 Å². The third-order valence-corrected chi connectivity index (χ3v) is 6.55. The maximum absolute atomic E-state index is 6.40. The molecule has 0 radical (unpaired) electrons. The lowest BCUT2D eigenvalue weighted by Crippen LogP contribution is -2.36. The molecule has 35 heavy (non-hydrogen) atoms. The smallest absolute Gasteiger partial charge is 0.0921 e. The third-order valence-electron chi connectivity index (χ3n) is 6.55. The molecule has 192 valence electrons. The molecule has 0 fully saturated rings. The molecule has 0 spiro atoms. The van der Waals surface area contributed by atoms with E-state index in [1.165, 1.54) is 11.1 Å². The van der Waals surface area contributed by atoms with Crippen molar-refractivity contribution in [2.24, 2.45) is 0 Å². The van der Waals surface area contributed by atoms with Crippen LogP contribution < -0.4 is 0 Å². The summed E-state index contributed by atoms with van der Waals surface area (Å²) in [5.74, 6) is 0. The quantitative estimate of drug-likeness (QED) is 0.144. The average Bonchev–Trinajstić information content (AvgIpc) is 2.89. The Balaban J connectivity index is 1.97. The molecule has 2 rings (SSSR count). The zero-order valence-corrected chi connectivity index (χ0v) is 22.1. The molecule has 0 aromatic heterocycles. The summed E-state index contributed by atoms with van der Waals surface area (Å²) in [6.45, 7) is 15.3. The van der Waals surface area contributed by atoms with E-state index < -0.39 is 11.2 Å². The maximum atomic E-state index is 6.40. The van der Waals surface area contributed by atoms with E-state index in [0.717, 1.165) is 64.6 Å². The Kier molecular flexibility index (Phi) is 13.7. The maximum Gasteiger partial charge on any atom is 0.0921 e. The van der Waals surface area contributed by atoms with Gasteiger partial charge in [-0.1, -0.05) is 99.5 Å². The fourth-order valence-corrected chi connectivity index (χ4v) is 4.20. The fraction of sp³-hybridized carbons (Fsp3) is 0.500. The average molecular weight is 479 g/mol. The Morgan fingerprint density at radius 1 is 0.629 bits per heavy atom. The van der Waals surface area contributed by atoms with Crippen LogP contribution in [0.25, 0.3) is 0 Å². The molecule has 0 saturated carbocycles. The molecule has 2 atom stereocenters. The lowest BCUT2D eigenvalue weighted by atomic mass is 9.90. The Morgan fingerprint density at radius 2 is 1.03 bits per heavy atom. The van der Waals surface area contributed by atoms with Crippen molar-refractivity contribution in [3.63, 3.8) is 0 Å². The van der Waals surface area contributed by atoms with Gasteiger partial charge in [0, 0.05) is 52.1 Å². The Morgan fingerprint density at radius 3 is 1.37 bits per heavy atom. The van der Waals surface area contributed by atoms with Crippen molar-refractivity contribution in [2.45, 2.75) is 76.4 Å². The first kappa shape index (κ1) is 29.0. The van der Waals surface area contributed by atoms with E-state index in [0.29, 0.717) is 13.2 Å². The highest BCUT2D eigenvalue weighted by Crippen LogP contribution is 2.27. The second kappa shape index (κ2) is 16.5. The fourth-order valence-electron chi connectivity index (χ4n) is 4.20. The van der Waals surface area contributed by atoms with E-state index in [4.69, 9.17) is 14.2 Å². The van der Waals surface area contributed by atoms with Crippen molar-refractivity contribution in [3.05, 3.63) is 97.1 Å². The van der Waals surface area contributed by atoms with Gasteiger partial charge in [0.1, 0.15) is 0 Å². The first-order valence-electron chi connectivity index (χ1n) is 13.3. The van der Waals surface area contributed by atoms with Gasteiger partial charge in [0.05, 0.1) is 11.2 Å². The summed E-state index contributed by atoms with van der Waals surface area (Å²) >= 11 is 0. The van der Waals surface area contributed by atoms with Crippen LogP contribution in [0.2, 0.25) is 0 Å². The molecule has 0 saturated heterocycles. The third kappa shape index (κ3) is 10.5. The number of benzene rings is 2. The molecule has 0 aliphatic carbocycles. The molecule has 0 aliphatic rings. The molecule has 3 heteroatoms. The summed E-state index contributed by atoms with van der Waals surface area (Å²) in [5.41, 5.74) is 1.66. The number of unbranched alkanes of at least 4 members (excludes halogenated alkanes) is 2. The van der Waals surface area contributed by atoms with Crippen molar-refractivity contribution in [1.29, 1.82) is 0 Å². The van der Waals surface area contributed by atoms with Crippen LogP contribution in [-0.4, -0.2) is 37.6 Å². The molecule has 0 bridgehead atoms. The Labute approximate surface area is 214 Å². The normalized spacial score (nSPS) is 14.7. The zero-order chi connectivity index (χ0) is 25.2. The van der Waals surface area contributed by atoms with Crippen LogP contribution >= 0.6 is 0 Å². The number of rotatable bonds is 20. The Bertz CT molecular complexity index is 750. The summed E-state index contributed by atoms with van der Waals surface area (Å²) in [6.07, 6.45) is 11.4. The van der Waals surface area contributed by atoms with Gasteiger partial charge in [0.15, 0.2) is 0 Å². The lowest BCUT2D eigenvalue weighted by molar-refractivity contribution is -0.0502. The van der Waals surface area contributed by atoms with Crippen molar-refractivity contribution in [1.82, 2.24) is 0 Å². The van der Waals surface area contributed by atoms with E-state index in [9.17, 15) is 0 Å². The van der Waals surface area contributed by atoms with Crippen LogP contribution in [-0.2, 0) is 27.1 Å². The van der Waals surface area contributed by atoms with Gasteiger partial charge in [-0.25, -0.2) is 0 Å². The molecule has 2 aromatic rings. The minimum Gasteiger partial charge on any atom is -0.381 e. The summed E-state index contributed by atoms with van der Waals surface area (Å²) in [6, 6.07) is 21.0. The van der Waals surface area contributed by atoms with E-state index in [2.05, 4.69) is 75.5 Å². The highest BCUT2D eigenvalue weighted by molar-refractivity contribution is 5.20. The predicted molar refractivity (Wildman–Crippen MR) is 148 cm³/mol. The van der Waals surface area contributed by atoms with Gasteiger partial charge in [-0.3, -0.25) is 0 Å². The van der Waals surface area contributed by atoms with Crippen molar-refractivity contribution < 1.29 is 14.2 Å². The van der Waals surface area contributed by atoms with Gasteiger partial charge in [-0.15, -0.1) is 13.2 Å². The first-order chi connectivity index (χ1) is 17.1. The molecule has 0 heterocycles. The second-order valence-electron chi connectivity index (χ2n) is 9.38. The van der Waals surface area contributed by atoms with Crippen LogP contribution in [0, 0.1) is 0 Å². The molecule has 2 unspecified atom stereocenters. The van der Waals surface area contributed by atoms with Crippen molar-refractivity contribution in [3.8, 4) is 0 Å². The van der Waals surface area contributed by atoms with Gasteiger partial charge in [-0.05, 0) is 24.0 Å². The van der Waals surface area contributed by atoms with Gasteiger partial charge in [0.25, 0.3) is 0 Å². The summed E-state index contributed by atoms with van der Waals surface area (Å²) in [7, 11) is 0. The Hall–Kier alpha value is -2.20. The van der Waals surface area contributed by atoms with Crippen molar-refractivity contribution >= 4 is 0 Å². The van der Waals surface area contributed by atoms with Gasteiger partial charge in [0.2, 0.25) is 0 Å². The molecule has 0 amide bonds. The zero-order valence-electron chi connectivity index (χ0n) is 22.1. The topological polar surface area (TPSA) is 27.7 Å². The predicted octanol–water partition coefficient (Wildman–Crippen LogP) is 7.75. The number of ether oxygens (including phenoxy) is 3. The van der Waals surface area contributed by atoms with Gasteiger partial charge >= 0.3 is 0 Å². The summed E-state index contributed by atoms with van der Waals surface area (Å²) < 4.78 is 19.0. The number of hydrogen-bond donors (Lipinski definition) is 0. The molecular formula is C32H46O3. The number of hydrogen-bond acceptors (Lipinski definition) is 3. The van der Waals surface area contributed by atoms with Gasteiger partial charge < -0.3 is 14.2 Å². The standard InChI is InChI=1S/C32H46O3/c1-5-9-23-34-31(7-3,27-29-17-13-11-14-18-29)21-25-33-26-22-32(8-4,35-24-10-6-2)28-30-19-15-12-16-20-30/h7-8,11-20H,3-6,9-10,21-28H2,1-2H3. The molecule has 3 nitrogen and oxygen atoms in total. The highest BCUT2D eigenvalue weighted by Gasteiger charge is 2.30. The summed E-state index contributed by atoms with van der Waals surface area (Å²) in [4.78, 5) is 0. The highest BCUT2D eigenvalue weighted by atomic mass is 16.5. The monoisotopic (exact) mass is 478 g/mol. The lowest BCUT2D eigenvalue weighted by Gasteiger charge is -2.33. The van der Waals surface area contributed by atoms with Crippen LogP contribution in [0.5, 0.6) is 0 Å². The molecule has 0 N–H and O–H groups in total. The van der Waals surface area contributed by atoms with E-state index in [1.807, 2.05) is 24.3 Å². The van der Waals surface area contributed by atoms with Crippen LogP contribution in [0.1, 0.15) is 63.5 Å². The second-order valence-corrected chi connectivity index (χ2v) is 9.38. The van der Waals surface area contributed by atoms with Gasteiger partial charge in [-0.2, -0.15) is 0 Å². The minimum atomic E-state index is -0.423. The van der Waals surface area contributed by atoms with Crippen LogP contribution in [0.3, 0.4) is 0 Å². The molecule has 0 aliphatic heterocycles. The largest absolute Gasteiger partial charge is 0.381 e. The van der Waals surface area contributed by atoms with E-state index in [-0.39, 0.29) is 0 Å².